The molecular weight excluding hydrogens is 246 g/mol. The van der Waals surface area contributed by atoms with Crippen molar-refractivity contribution in [2.24, 2.45) is 18.4 Å². The van der Waals surface area contributed by atoms with Gasteiger partial charge in [0.2, 0.25) is 0 Å². The van der Waals surface area contributed by atoms with Gasteiger partial charge in [-0.3, -0.25) is 4.68 Å². The quantitative estimate of drug-likeness (QED) is 0.853. The van der Waals surface area contributed by atoms with Gasteiger partial charge in [0.15, 0.2) is 0 Å². The van der Waals surface area contributed by atoms with Gasteiger partial charge in [0, 0.05) is 19.3 Å². The van der Waals surface area contributed by atoms with Gasteiger partial charge in [0.05, 0.1) is 6.20 Å². The standard InChI is InChI=1S/C17H31N3/c1-17(2,3)15-6-5-7-16(9-8-15)18-11-10-14-12-19-20(4)13-14/h12-13,15-16,18H,5-11H2,1-4H3. The van der Waals surface area contributed by atoms with E-state index in [9.17, 15) is 0 Å². The van der Waals surface area contributed by atoms with Crippen molar-refractivity contribution in [1.29, 1.82) is 0 Å². The summed E-state index contributed by atoms with van der Waals surface area (Å²) in [5.74, 6) is 0.896. The highest BCUT2D eigenvalue weighted by Crippen LogP contribution is 2.36. The van der Waals surface area contributed by atoms with Gasteiger partial charge < -0.3 is 5.32 Å². The Bertz CT molecular complexity index is 403. The number of hydrogen-bond acceptors (Lipinski definition) is 2. The minimum atomic E-state index is 0.477. The van der Waals surface area contributed by atoms with Crippen molar-refractivity contribution in [2.45, 2.75) is 65.3 Å². The van der Waals surface area contributed by atoms with E-state index in [1.165, 1.54) is 37.7 Å². The van der Waals surface area contributed by atoms with Crippen LogP contribution in [0.4, 0.5) is 0 Å². The fourth-order valence-corrected chi connectivity index (χ4v) is 3.39. The van der Waals surface area contributed by atoms with Gasteiger partial charge in [0.1, 0.15) is 0 Å². The molecule has 0 spiro atoms. The van der Waals surface area contributed by atoms with Crippen LogP contribution in [0.3, 0.4) is 0 Å². The molecule has 1 aliphatic carbocycles. The van der Waals surface area contributed by atoms with E-state index in [1.54, 1.807) is 0 Å². The summed E-state index contributed by atoms with van der Waals surface area (Å²) in [6.45, 7) is 8.27. The second-order valence-corrected chi connectivity index (χ2v) is 7.49. The average Bonchev–Trinajstić information content (AvgIpc) is 2.63. The first-order valence-corrected chi connectivity index (χ1v) is 8.16. The predicted molar refractivity (Wildman–Crippen MR) is 84.7 cm³/mol. The van der Waals surface area contributed by atoms with Crippen molar-refractivity contribution in [2.75, 3.05) is 6.54 Å². The van der Waals surface area contributed by atoms with Crippen LogP contribution in [0.15, 0.2) is 12.4 Å². The second-order valence-electron chi connectivity index (χ2n) is 7.49. The molecular formula is C17H31N3. The topological polar surface area (TPSA) is 29.9 Å². The van der Waals surface area contributed by atoms with Crippen molar-refractivity contribution in [3.63, 3.8) is 0 Å². The van der Waals surface area contributed by atoms with Crippen molar-refractivity contribution in [1.82, 2.24) is 15.1 Å². The largest absolute Gasteiger partial charge is 0.314 e. The molecule has 1 aliphatic rings. The lowest BCUT2D eigenvalue weighted by Crippen LogP contribution is -2.30. The normalized spacial score (nSPS) is 24.6. The van der Waals surface area contributed by atoms with Gasteiger partial charge in [0.25, 0.3) is 0 Å². The molecule has 2 rings (SSSR count). The molecule has 114 valence electrons. The molecule has 1 saturated carbocycles. The Morgan fingerprint density at radius 3 is 2.70 bits per heavy atom. The zero-order valence-electron chi connectivity index (χ0n) is 13.7. The van der Waals surface area contributed by atoms with Crippen molar-refractivity contribution in [3.8, 4) is 0 Å². The van der Waals surface area contributed by atoms with Crippen molar-refractivity contribution < 1.29 is 0 Å². The zero-order valence-corrected chi connectivity index (χ0v) is 13.7. The van der Waals surface area contributed by atoms with Crippen LogP contribution in [-0.4, -0.2) is 22.4 Å². The Kier molecular flexibility index (Phi) is 5.25. The molecule has 3 heteroatoms. The molecule has 1 aromatic heterocycles. The molecule has 2 atom stereocenters. The maximum absolute atomic E-state index is 4.22. The monoisotopic (exact) mass is 277 g/mol. The molecule has 0 aliphatic heterocycles. The molecule has 1 heterocycles. The van der Waals surface area contributed by atoms with E-state index in [1.807, 2.05) is 17.9 Å². The number of rotatable bonds is 4. The summed E-state index contributed by atoms with van der Waals surface area (Å²) in [5.41, 5.74) is 1.81. The van der Waals surface area contributed by atoms with E-state index < -0.39 is 0 Å². The van der Waals surface area contributed by atoms with E-state index in [-0.39, 0.29) is 0 Å². The van der Waals surface area contributed by atoms with E-state index in [0.717, 1.165) is 24.9 Å². The minimum Gasteiger partial charge on any atom is -0.314 e. The van der Waals surface area contributed by atoms with Crippen LogP contribution in [0, 0.1) is 11.3 Å². The predicted octanol–water partition coefficient (Wildman–Crippen LogP) is 3.55. The van der Waals surface area contributed by atoms with Crippen LogP contribution in [0.1, 0.15) is 58.4 Å². The lowest BCUT2D eigenvalue weighted by atomic mass is 9.76. The molecule has 0 aromatic carbocycles. The summed E-state index contributed by atoms with van der Waals surface area (Å²) >= 11 is 0. The summed E-state index contributed by atoms with van der Waals surface area (Å²) in [4.78, 5) is 0. The summed E-state index contributed by atoms with van der Waals surface area (Å²) < 4.78 is 1.88. The van der Waals surface area contributed by atoms with Crippen LogP contribution >= 0.6 is 0 Å². The number of aromatic nitrogens is 2. The summed E-state index contributed by atoms with van der Waals surface area (Å²) in [6.07, 6.45) is 12.0. The molecule has 20 heavy (non-hydrogen) atoms. The van der Waals surface area contributed by atoms with Crippen LogP contribution in [0.5, 0.6) is 0 Å². The molecule has 2 unspecified atom stereocenters. The maximum atomic E-state index is 4.22. The third-order valence-corrected chi connectivity index (χ3v) is 4.80. The van der Waals surface area contributed by atoms with Gasteiger partial charge in [-0.1, -0.05) is 27.2 Å². The van der Waals surface area contributed by atoms with E-state index >= 15 is 0 Å². The first-order chi connectivity index (χ1) is 9.45. The van der Waals surface area contributed by atoms with Crippen LogP contribution in [0.25, 0.3) is 0 Å². The molecule has 1 aromatic rings. The number of nitrogens with zero attached hydrogens (tertiary/aromatic N) is 2. The van der Waals surface area contributed by atoms with Crippen molar-refractivity contribution in [3.05, 3.63) is 18.0 Å². The third kappa shape index (κ3) is 4.62. The Morgan fingerprint density at radius 1 is 1.25 bits per heavy atom. The zero-order chi connectivity index (χ0) is 14.6. The summed E-state index contributed by atoms with van der Waals surface area (Å²) in [6, 6.07) is 0.721. The Balaban J connectivity index is 1.71. The van der Waals surface area contributed by atoms with Gasteiger partial charge in [-0.15, -0.1) is 0 Å². The molecule has 0 amide bonds. The molecule has 1 fully saturated rings. The molecule has 0 saturated heterocycles. The number of hydrogen-bond donors (Lipinski definition) is 1. The lowest BCUT2D eigenvalue weighted by Gasteiger charge is -2.29. The first kappa shape index (κ1) is 15.6. The lowest BCUT2D eigenvalue weighted by molar-refractivity contribution is 0.213. The Hall–Kier alpha value is -0.830. The smallest absolute Gasteiger partial charge is 0.0522 e. The SMILES string of the molecule is Cn1cc(CCNC2CCCC(C(C)(C)C)CC2)cn1. The van der Waals surface area contributed by atoms with E-state index in [4.69, 9.17) is 0 Å². The molecule has 1 N–H and O–H groups in total. The highest BCUT2D eigenvalue weighted by atomic mass is 15.2. The Labute approximate surface area is 124 Å². The molecule has 0 radical (unpaired) electrons. The van der Waals surface area contributed by atoms with E-state index in [0.29, 0.717) is 5.41 Å². The van der Waals surface area contributed by atoms with Crippen LogP contribution in [0.2, 0.25) is 0 Å². The van der Waals surface area contributed by atoms with E-state index in [2.05, 4.69) is 37.4 Å². The third-order valence-electron chi connectivity index (χ3n) is 4.80. The van der Waals surface area contributed by atoms with Crippen molar-refractivity contribution >= 4 is 0 Å². The van der Waals surface area contributed by atoms with Gasteiger partial charge in [-0.2, -0.15) is 5.10 Å². The average molecular weight is 277 g/mol. The van der Waals surface area contributed by atoms with Gasteiger partial charge in [-0.25, -0.2) is 0 Å². The summed E-state index contributed by atoms with van der Waals surface area (Å²) in [5, 5.41) is 7.98. The Morgan fingerprint density at radius 2 is 2.05 bits per heavy atom. The molecule has 3 nitrogen and oxygen atoms in total. The highest BCUT2D eigenvalue weighted by molar-refractivity contribution is 5.03. The first-order valence-electron chi connectivity index (χ1n) is 8.16. The fourth-order valence-electron chi connectivity index (χ4n) is 3.39. The fraction of sp³-hybridized carbons (Fsp3) is 0.824. The van der Waals surface area contributed by atoms with Gasteiger partial charge >= 0.3 is 0 Å². The maximum Gasteiger partial charge on any atom is 0.0522 e. The number of aryl methyl sites for hydroxylation is 1. The second kappa shape index (κ2) is 6.75. The highest BCUT2D eigenvalue weighted by Gasteiger charge is 2.27. The van der Waals surface area contributed by atoms with Crippen LogP contribution < -0.4 is 5.32 Å². The minimum absolute atomic E-state index is 0.477. The summed E-state index contributed by atoms with van der Waals surface area (Å²) in [7, 11) is 1.98. The molecule has 0 bridgehead atoms. The van der Waals surface area contributed by atoms with Gasteiger partial charge in [-0.05, 0) is 55.5 Å². The number of nitrogens with one attached hydrogen (secondary N) is 1. The van der Waals surface area contributed by atoms with Crippen LogP contribution in [-0.2, 0) is 13.5 Å².